The second-order valence-corrected chi connectivity index (χ2v) is 9.01. The van der Waals surface area contributed by atoms with Crippen molar-refractivity contribution in [1.82, 2.24) is 9.78 Å². The first-order chi connectivity index (χ1) is 13.7. The third kappa shape index (κ3) is 7.31. The lowest BCUT2D eigenvalue weighted by atomic mass is 9.92. The van der Waals surface area contributed by atoms with Gasteiger partial charge in [-0.2, -0.15) is 5.10 Å². The lowest BCUT2D eigenvalue weighted by molar-refractivity contribution is -0.140. The van der Waals surface area contributed by atoms with Gasteiger partial charge in [-0.1, -0.05) is 49.5 Å². The maximum atomic E-state index is 12.5. The molecule has 0 aliphatic carbocycles. The Labute approximate surface area is 181 Å². The lowest BCUT2D eigenvalue weighted by Crippen LogP contribution is -2.14. The van der Waals surface area contributed by atoms with E-state index in [1.54, 1.807) is 4.68 Å². The molecule has 29 heavy (non-hydrogen) atoms. The van der Waals surface area contributed by atoms with E-state index in [0.717, 1.165) is 41.5 Å². The molecule has 0 spiro atoms. The Balaban J connectivity index is 1.98. The van der Waals surface area contributed by atoms with E-state index >= 15 is 0 Å². The number of hydrogen-bond acceptors (Lipinski definition) is 4. The van der Waals surface area contributed by atoms with Crippen LogP contribution in [0.1, 0.15) is 65.0 Å². The predicted octanol–water partition coefficient (Wildman–Crippen LogP) is 5.38. The zero-order chi connectivity index (χ0) is 21.4. The number of anilines is 1. The average molecular weight is 464 g/mol. The molecule has 0 atom stereocenters. The lowest BCUT2D eigenvalue weighted by Gasteiger charge is -2.14. The van der Waals surface area contributed by atoms with Crippen molar-refractivity contribution in [2.24, 2.45) is 0 Å². The minimum Gasteiger partial charge on any atom is -0.469 e. The fraction of sp³-hybridized carbons (Fsp3) is 0.500. The van der Waals surface area contributed by atoms with Crippen molar-refractivity contribution in [2.45, 2.75) is 64.7 Å². The topological polar surface area (TPSA) is 73.2 Å². The highest BCUT2D eigenvalue weighted by atomic mass is 79.9. The molecular weight excluding hydrogens is 434 g/mol. The monoisotopic (exact) mass is 463 g/mol. The molecule has 0 radical (unpaired) electrons. The van der Waals surface area contributed by atoms with Gasteiger partial charge in [-0.25, -0.2) is 4.68 Å². The Morgan fingerprint density at radius 3 is 2.28 bits per heavy atom. The largest absolute Gasteiger partial charge is 0.469 e. The van der Waals surface area contributed by atoms with Crippen molar-refractivity contribution < 1.29 is 14.3 Å². The van der Waals surface area contributed by atoms with Gasteiger partial charge in [-0.3, -0.25) is 9.59 Å². The first kappa shape index (κ1) is 23.1. The number of benzene rings is 1. The summed E-state index contributed by atoms with van der Waals surface area (Å²) in [6.45, 7) is 6.30. The summed E-state index contributed by atoms with van der Waals surface area (Å²) < 4.78 is 7.39. The average Bonchev–Trinajstić information content (AvgIpc) is 3.09. The number of halogens is 1. The van der Waals surface area contributed by atoms with Crippen molar-refractivity contribution in [3.63, 3.8) is 0 Å². The number of carbonyl (C=O) groups is 2. The summed E-state index contributed by atoms with van der Waals surface area (Å²) in [5.41, 5.74) is 1.68. The summed E-state index contributed by atoms with van der Waals surface area (Å²) in [5.74, 6) is 0.461. The van der Waals surface area contributed by atoms with Crippen LogP contribution in [0.5, 0.6) is 0 Å². The summed E-state index contributed by atoms with van der Waals surface area (Å²) in [4.78, 5) is 23.6. The highest BCUT2D eigenvalue weighted by Gasteiger charge is 2.21. The molecule has 1 aromatic heterocycles. The van der Waals surface area contributed by atoms with E-state index in [0.29, 0.717) is 18.7 Å². The molecule has 1 heterocycles. The second kappa shape index (κ2) is 10.6. The Kier molecular flexibility index (Phi) is 8.44. The number of unbranched alkanes of at least 4 members (excludes halogenated alkanes) is 3. The van der Waals surface area contributed by atoms with Crippen molar-refractivity contribution in [3.8, 4) is 5.69 Å². The Hall–Kier alpha value is -2.15. The summed E-state index contributed by atoms with van der Waals surface area (Å²) in [6.07, 6.45) is 4.27. The van der Waals surface area contributed by atoms with Crippen molar-refractivity contribution in [2.75, 3.05) is 12.4 Å². The van der Waals surface area contributed by atoms with Gasteiger partial charge >= 0.3 is 5.97 Å². The van der Waals surface area contributed by atoms with Gasteiger partial charge in [0, 0.05) is 28.8 Å². The number of esters is 1. The molecule has 0 saturated carbocycles. The SMILES string of the molecule is COC(=O)CCCCCCC(=O)Nc1cc(C(C)(C)C)nn1-c1ccc(Br)cc1. The Bertz CT molecular complexity index is 823. The van der Waals surface area contributed by atoms with Crippen LogP contribution in [0.3, 0.4) is 0 Å². The fourth-order valence-corrected chi connectivity index (χ4v) is 3.10. The van der Waals surface area contributed by atoms with Crippen molar-refractivity contribution in [1.29, 1.82) is 0 Å². The normalized spacial score (nSPS) is 11.3. The highest BCUT2D eigenvalue weighted by Crippen LogP contribution is 2.27. The van der Waals surface area contributed by atoms with E-state index < -0.39 is 0 Å². The number of nitrogens with zero attached hydrogens (tertiary/aromatic N) is 2. The molecular formula is C22H30BrN3O3. The van der Waals surface area contributed by atoms with Crippen LogP contribution in [0.2, 0.25) is 0 Å². The molecule has 2 aromatic rings. The molecule has 158 valence electrons. The van der Waals surface area contributed by atoms with Crippen LogP contribution >= 0.6 is 15.9 Å². The molecule has 0 saturated heterocycles. The number of rotatable bonds is 9. The van der Waals surface area contributed by atoms with Gasteiger partial charge in [0.1, 0.15) is 5.82 Å². The van der Waals surface area contributed by atoms with Crippen LogP contribution in [0.4, 0.5) is 5.82 Å². The van der Waals surface area contributed by atoms with Crippen LogP contribution in [0.25, 0.3) is 5.69 Å². The third-order valence-corrected chi connectivity index (χ3v) is 5.11. The van der Waals surface area contributed by atoms with Crippen LogP contribution in [-0.4, -0.2) is 28.8 Å². The van der Waals surface area contributed by atoms with E-state index in [-0.39, 0.29) is 17.3 Å². The molecule has 7 heteroatoms. The molecule has 0 bridgehead atoms. The molecule has 1 amide bonds. The molecule has 6 nitrogen and oxygen atoms in total. The van der Waals surface area contributed by atoms with Crippen molar-refractivity contribution in [3.05, 3.63) is 40.5 Å². The van der Waals surface area contributed by atoms with Crippen LogP contribution in [0, 0.1) is 0 Å². The highest BCUT2D eigenvalue weighted by molar-refractivity contribution is 9.10. The number of methoxy groups -OCH3 is 1. The van der Waals surface area contributed by atoms with E-state index in [4.69, 9.17) is 5.10 Å². The van der Waals surface area contributed by atoms with E-state index in [1.165, 1.54) is 7.11 Å². The molecule has 1 aromatic carbocycles. The van der Waals surface area contributed by atoms with Crippen molar-refractivity contribution >= 4 is 33.6 Å². The summed E-state index contributed by atoms with van der Waals surface area (Å²) in [5, 5.41) is 7.73. The number of amides is 1. The third-order valence-electron chi connectivity index (χ3n) is 4.58. The van der Waals surface area contributed by atoms with Gasteiger partial charge in [-0.15, -0.1) is 0 Å². The number of hydrogen-bond donors (Lipinski definition) is 1. The Morgan fingerprint density at radius 2 is 1.69 bits per heavy atom. The van der Waals surface area contributed by atoms with Gasteiger partial charge < -0.3 is 10.1 Å². The smallest absolute Gasteiger partial charge is 0.305 e. The zero-order valence-corrected chi connectivity index (χ0v) is 19.2. The van der Waals surface area contributed by atoms with Gasteiger partial charge in [0.15, 0.2) is 0 Å². The minimum absolute atomic E-state index is 0.0308. The quantitative estimate of drug-likeness (QED) is 0.399. The van der Waals surface area contributed by atoms with E-state index in [1.807, 2.05) is 30.3 Å². The zero-order valence-electron chi connectivity index (χ0n) is 17.6. The number of nitrogens with one attached hydrogen (secondary N) is 1. The molecule has 0 aliphatic heterocycles. The fourth-order valence-electron chi connectivity index (χ4n) is 2.83. The van der Waals surface area contributed by atoms with E-state index in [9.17, 15) is 9.59 Å². The molecule has 2 rings (SSSR count). The number of aromatic nitrogens is 2. The number of ether oxygens (including phenoxy) is 1. The molecule has 0 fully saturated rings. The van der Waals surface area contributed by atoms with Gasteiger partial charge in [0.25, 0.3) is 0 Å². The summed E-state index contributed by atoms with van der Waals surface area (Å²) >= 11 is 3.45. The van der Waals surface area contributed by atoms with Crippen LogP contribution in [0.15, 0.2) is 34.8 Å². The van der Waals surface area contributed by atoms with Gasteiger partial charge in [-0.05, 0) is 37.1 Å². The number of carbonyl (C=O) groups excluding carboxylic acids is 2. The van der Waals surface area contributed by atoms with Crippen LogP contribution < -0.4 is 5.32 Å². The van der Waals surface area contributed by atoms with Gasteiger partial charge in [0.05, 0.1) is 18.5 Å². The maximum Gasteiger partial charge on any atom is 0.305 e. The maximum absolute atomic E-state index is 12.5. The molecule has 1 N–H and O–H groups in total. The second-order valence-electron chi connectivity index (χ2n) is 8.09. The first-order valence-corrected chi connectivity index (χ1v) is 10.7. The van der Waals surface area contributed by atoms with Crippen LogP contribution in [-0.2, 0) is 19.7 Å². The summed E-state index contributed by atoms with van der Waals surface area (Å²) in [6, 6.07) is 9.76. The molecule has 0 unspecified atom stereocenters. The minimum atomic E-state index is -0.182. The Morgan fingerprint density at radius 1 is 1.07 bits per heavy atom. The van der Waals surface area contributed by atoms with E-state index in [2.05, 4.69) is 46.8 Å². The molecule has 0 aliphatic rings. The van der Waals surface area contributed by atoms with Gasteiger partial charge in [0.2, 0.25) is 5.91 Å². The summed E-state index contributed by atoms with van der Waals surface area (Å²) in [7, 11) is 1.40. The standard InChI is InChI=1S/C22H30BrN3O3/c1-22(2,3)18-15-19(26(25-18)17-13-11-16(23)12-14-17)24-20(27)9-7-5-6-8-10-21(28)29-4/h11-15H,5-10H2,1-4H3,(H,24,27). The predicted molar refractivity (Wildman–Crippen MR) is 118 cm³/mol. The first-order valence-electron chi connectivity index (χ1n) is 9.94.